The minimum Gasteiger partial charge on any atom is -0.348 e. The second-order valence-electron chi connectivity index (χ2n) is 6.73. The first kappa shape index (κ1) is 17.2. The third kappa shape index (κ3) is 3.87. The molecule has 2 N–H and O–H groups in total. The van der Waals surface area contributed by atoms with Gasteiger partial charge < -0.3 is 20.1 Å². The zero-order valence-corrected chi connectivity index (χ0v) is 14.2. The maximum absolute atomic E-state index is 13.6. The molecule has 5 nitrogen and oxygen atoms in total. The van der Waals surface area contributed by atoms with Gasteiger partial charge in [-0.15, -0.1) is 0 Å². The highest BCUT2D eigenvalue weighted by Gasteiger charge is 2.40. The van der Waals surface area contributed by atoms with Crippen molar-refractivity contribution < 1.29 is 18.7 Å². The molecule has 1 spiro atoms. The van der Waals surface area contributed by atoms with E-state index in [9.17, 15) is 9.18 Å². The lowest BCUT2D eigenvalue weighted by Gasteiger charge is -2.35. The van der Waals surface area contributed by atoms with E-state index in [0.717, 1.165) is 31.2 Å². The summed E-state index contributed by atoms with van der Waals surface area (Å²) in [5.41, 5.74) is 1.35. The molecular weight excluding hydrogens is 311 g/mol. The summed E-state index contributed by atoms with van der Waals surface area (Å²) in [6.07, 6.45) is 3.27. The number of hydrogen-bond acceptors (Lipinski definition) is 3. The van der Waals surface area contributed by atoms with E-state index in [-0.39, 0.29) is 23.9 Å². The van der Waals surface area contributed by atoms with Crippen molar-refractivity contribution in [2.24, 2.45) is 0 Å². The predicted molar refractivity (Wildman–Crippen MR) is 88.1 cm³/mol. The summed E-state index contributed by atoms with van der Waals surface area (Å²) >= 11 is 0. The molecule has 0 radical (unpaired) electrons. The first-order valence-corrected chi connectivity index (χ1v) is 8.58. The van der Waals surface area contributed by atoms with E-state index in [1.807, 2.05) is 13.0 Å². The van der Waals surface area contributed by atoms with Crippen molar-refractivity contribution in [3.05, 3.63) is 35.1 Å². The summed E-state index contributed by atoms with van der Waals surface area (Å²) < 4.78 is 25.0. The number of aryl methyl sites for hydroxylation is 1. The molecule has 0 aromatic heterocycles. The quantitative estimate of drug-likeness (QED) is 0.891. The van der Waals surface area contributed by atoms with Gasteiger partial charge in [-0.1, -0.05) is 12.1 Å². The van der Waals surface area contributed by atoms with E-state index in [4.69, 9.17) is 9.47 Å². The Kier molecular flexibility index (Phi) is 5.06. The highest BCUT2D eigenvalue weighted by molar-refractivity contribution is 5.74. The number of urea groups is 1. The fraction of sp³-hybridized carbons (Fsp3) is 0.611. The SMILES string of the molecule is Cc1ccc(C(C)NC(=O)NC2CCC3(CC2)OCCO3)cc1F. The molecule has 132 valence electrons. The molecule has 1 aliphatic heterocycles. The standard InChI is InChI=1S/C18H25FN2O3/c1-12-3-4-14(11-16(12)19)13(2)20-17(22)21-15-5-7-18(8-6-15)23-9-10-24-18/h3-4,11,13,15H,5-10H2,1-2H3,(H2,20,21,22). The van der Waals surface area contributed by atoms with Crippen LogP contribution in [0.3, 0.4) is 0 Å². The maximum Gasteiger partial charge on any atom is 0.315 e. The van der Waals surface area contributed by atoms with Crippen LogP contribution in [-0.2, 0) is 9.47 Å². The lowest BCUT2D eigenvalue weighted by molar-refractivity contribution is -0.179. The molecule has 2 amide bonds. The Balaban J connectivity index is 1.48. The van der Waals surface area contributed by atoms with E-state index in [1.165, 1.54) is 6.07 Å². The van der Waals surface area contributed by atoms with E-state index < -0.39 is 5.79 Å². The van der Waals surface area contributed by atoms with E-state index in [0.29, 0.717) is 18.8 Å². The molecule has 24 heavy (non-hydrogen) atoms. The number of ether oxygens (including phenoxy) is 2. The minimum absolute atomic E-state index is 0.116. The average molecular weight is 336 g/mol. The van der Waals surface area contributed by atoms with Crippen molar-refractivity contribution in [1.82, 2.24) is 10.6 Å². The number of benzene rings is 1. The van der Waals surface area contributed by atoms with Gasteiger partial charge in [-0.3, -0.25) is 0 Å². The van der Waals surface area contributed by atoms with E-state index in [1.54, 1.807) is 13.0 Å². The van der Waals surface area contributed by atoms with Gasteiger partial charge >= 0.3 is 6.03 Å². The molecule has 1 aromatic rings. The first-order chi connectivity index (χ1) is 11.5. The van der Waals surface area contributed by atoms with Crippen LogP contribution in [-0.4, -0.2) is 31.1 Å². The van der Waals surface area contributed by atoms with Crippen LogP contribution in [0, 0.1) is 12.7 Å². The van der Waals surface area contributed by atoms with Gasteiger partial charge in [-0.2, -0.15) is 0 Å². The lowest BCUT2D eigenvalue weighted by Crippen LogP contribution is -2.47. The Bertz CT molecular complexity index is 592. The number of carbonyl (C=O) groups is 1. The molecular formula is C18H25FN2O3. The normalized spacial score (nSPS) is 21.6. The Morgan fingerprint density at radius 1 is 1.29 bits per heavy atom. The summed E-state index contributed by atoms with van der Waals surface area (Å²) in [4.78, 5) is 12.2. The van der Waals surface area contributed by atoms with Crippen LogP contribution in [0.5, 0.6) is 0 Å². The number of rotatable bonds is 3. The average Bonchev–Trinajstić information content (AvgIpc) is 3.00. The molecule has 1 saturated carbocycles. The van der Waals surface area contributed by atoms with Crippen LogP contribution in [0.2, 0.25) is 0 Å². The van der Waals surface area contributed by atoms with Crippen molar-refractivity contribution in [2.45, 2.75) is 57.4 Å². The summed E-state index contributed by atoms with van der Waals surface area (Å²) in [6.45, 7) is 4.88. The van der Waals surface area contributed by atoms with Crippen molar-refractivity contribution in [3.63, 3.8) is 0 Å². The lowest BCUT2D eigenvalue weighted by atomic mass is 9.90. The van der Waals surface area contributed by atoms with Crippen LogP contribution >= 0.6 is 0 Å². The fourth-order valence-electron chi connectivity index (χ4n) is 3.37. The van der Waals surface area contributed by atoms with Gasteiger partial charge in [0.2, 0.25) is 0 Å². The second-order valence-corrected chi connectivity index (χ2v) is 6.73. The van der Waals surface area contributed by atoms with Gasteiger partial charge in [0.05, 0.1) is 19.3 Å². The monoisotopic (exact) mass is 336 g/mol. The Hall–Kier alpha value is -1.66. The largest absolute Gasteiger partial charge is 0.348 e. The molecule has 6 heteroatoms. The molecule has 2 aliphatic rings. The number of carbonyl (C=O) groups excluding carboxylic acids is 1. The van der Waals surface area contributed by atoms with Gasteiger partial charge in [0.1, 0.15) is 5.82 Å². The highest BCUT2D eigenvalue weighted by Crippen LogP contribution is 2.35. The summed E-state index contributed by atoms with van der Waals surface area (Å²) in [7, 11) is 0. The minimum atomic E-state index is -0.415. The molecule has 1 unspecified atom stereocenters. The van der Waals surface area contributed by atoms with Gasteiger partial charge in [-0.05, 0) is 43.9 Å². The summed E-state index contributed by atoms with van der Waals surface area (Å²) in [5.74, 6) is -0.669. The second kappa shape index (κ2) is 7.07. The predicted octanol–water partition coefficient (Wildman–Crippen LogP) is 3.18. The van der Waals surface area contributed by atoms with Crippen molar-refractivity contribution in [2.75, 3.05) is 13.2 Å². The van der Waals surface area contributed by atoms with Crippen molar-refractivity contribution in [1.29, 1.82) is 0 Å². The van der Waals surface area contributed by atoms with E-state index >= 15 is 0 Å². The number of hydrogen-bond donors (Lipinski definition) is 2. The number of amides is 2. The van der Waals surface area contributed by atoms with Crippen LogP contribution in [0.25, 0.3) is 0 Å². The Morgan fingerprint density at radius 3 is 2.58 bits per heavy atom. The van der Waals surface area contributed by atoms with Crippen LogP contribution in [0.15, 0.2) is 18.2 Å². The third-order valence-corrected chi connectivity index (χ3v) is 4.94. The fourth-order valence-corrected chi connectivity index (χ4v) is 3.37. The topological polar surface area (TPSA) is 59.6 Å². The third-order valence-electron chi connectivity index (χ3n) is 4.94. The molecule has 1 aliphatic carbocycles. The molecule has 1 atom stereocenters. The van der Waals surface area contributed by atoms with Crippen LogP contribution in [0.1, 0.15) is 49.8 Å². The zero-order chi connectivity index (χ0) is 17.2. The summed E-state index contributed by atoms with van der Waals surface area (Å²) in [6, 6.07) is 4.67. The Morgan fingerprint density at radius 2 is 1.96 bits per heavy atom. The van der Waals surface area contributed by atoms with Crippen LogP contribution in [0.4, 0.5) is 9.18 Å². The summed E-state index contributed by atoms with van der Waals surface area (Å²) in [5, 5.41) is 5.87. The Labute approximate surface area is 141 Å². The molecule has 3 rings (SSSR count). The molecule has 2 fully saturated rings. The smallest absolute Gasteiger partial charge is 0.315 e. The number of halogens is 1. The van der Waals surface area contributed by atoms with Gasteiger partial charge in [0.25, 0.3) is 0 Å². The number of nitrogens with one attached hydrogen (secondary N) is 2. The van der Waals surface area contributed by atoms with Gasteiger partial charge in [0, 0.05) is 18.9 Å². The highest BCUT2D eigenvalue weighted by atomic mass is 19.1. The molecule has 1 aromatic carbocycles. The van der Waals surface area contributed by atoms with Crippen LogP contribution < -0.4 is 10.6 Å². The van der Waals surface area contributed by atoms with E-state index in [2.05, 4.69) is 10.6 Å². The van der Waals surface area contributed by atoms with Crippen molar-refractivity contribution in [3.8, 4) is 0 Å². The molecule has 1 heterocycles. The maximum atomic E-state index is 13.6. The van der Waals surface area contributed by atoms with Gasteiger partial charge in [0.15, 0.2) is 5.79 Å². The molecule has 1 saturated heterocycles. The molecule has 0 bridgehead atoms. The zero-order valence-electron chi connectivity index (χ0n) is 14.2. The van der Waals surface area contributed by atoms with Gasteiger partial charge in [-0.25, -0.2) is 9.18 Å². The van der Waals surface area contributed by atoms with Crippen molar-refractivity contribution >= 4 is 6.03 Å². The first-order valence-electron chi connectivity index (χ1n) is 8.58.